The van der Waals surface area contributed by atoms with E-state index in [1.54, 1.807) is 24.3 Å². The van der Waals surface area contributed by atoms with Crippen LogP contribution in [0.5, 0.6) is 23.0 Å². The zero-order valence-corrected chi connectivity index (χ0v) is 15.5. The molecular formula is C20H26O6. The molecule has 6 heteroatoms. The highest BCUT2D eigenvalue weighted by atomic mass is 16.5. The summed E-state index contributed by atoms with van der Waals surface area (Å²) in [4.78, 5) is 0. The van der Waals surface area contributed by atoms with E-state index in [0.717, 1.165) is 0 Å². The van der Waals surface area contributed by atoms with Crippen LogP contribution in [0.1, 0.15) is 50.0 Å². The van der Waals surface area contributed by atoms with Crippen molar-refractivity contribution in [3.63, 3.8) is 0 Å². The van der Waals surface area contributed by atoms with Gasteiger partial charge in [0.25, 0.3) is 0 Å². The average molecular weight is 362 g/mol. The highest BCUT2D eigenvalue weighted by Crippen LogP contribution is 2.47. The molecule has 0 aromatic heterocycles. The van der Waals surface area contributed by atoms with E-state index >= 15 is 0 Å². The number of phenolic OH excluding ortho intramolecular Hbond substituents is 2. The zero-order valence-electron chi connectivity index (χ0n) is 15.5. The maximum atomic E-state index is 10.6. The van der Waals surface area contributed by atoms with Gasteiger partial charge in [-0.3, -0.25) is 0 Å². The van der Waals surface area contributed by atoms with Crippen LogP contribution in [-0.2, 0) is 0 Å². The number of ether oxygens (including phenoxy) is 2. The molecule has 0 aliphatic heterocycles. The predicted octanol–water partition coefficient (Wildman–Crippen LogP) is 3.67. The Morgan fingerprint density at radius 2 is 1.08 bits per heavy atom. The molecule has 0 amide bonds. The third-order valence-electron chi connectivity index (χ3n) is 4.47. The van der Waals surface area contributed by atoms with Crippen molar-refractivity contribution in [2.75, 3.05) is 14.2 Å². The van der Waals surface area contributed by atoms with Crippen LogP contribution in [-0.4, -0.2) is 34.6 Å². The maximum Gasteiger partial charge on any atom is 0.165 e. The molecule has 0 aliphatic carbocycles. The van der Waals surface area contributed by atoms with Crippen molar-refractivity contribution < 1.29 is 29.9 Å². The summed E-state index contributed by atoms with van der Waals surface area (Å²) in [6, 6.07) is 6.32. The van der Waals surface area contributed by atoms with Crippen molar-refractivity contribution in [3.05, 3.63) is 35.4 Å². The molecule has 0 bridgehead atoms. The lowest BCUT2D eigenvalue weighted by Gasteiger charge is -2.19. The predicted molar refractivity (Wildman–Crippen MR) is 98.8 cm³/mol. The van der Waals surface area contributed by atoms with Crippen LogP contribution < -0.4 is 9.47 Å². The summed E-state index contributed by atoms with van der Waals surface area (Å²) in [5.41, 5.74) is 1.68. The third-order valence-corrected chi connectivity index (χ3v) is 4.47. The standard InChI is InChI=1S/C20H26O6/c1-5-15(21)11-7-13(19(23)17(9-11)25-3)14-8-12(16(22)6-2)10-18(26-4)20(14)24/h7-10,15-16,21-24H,5-6H2,1-4H3. The number of hydrogen-bond acceptors (Lipinski definition) is 6. The van der Waals surface area contributed by atoms with E-state index in [2.05, 4.69) is 0 Å². The van der Waals surface area contributed by atoms with Crippen LogP contribution in [0.2, 0.25) is 0 Å². The van der Waals surface area contributed by atoms with Gasteiger partial charge in [0.1, 0.15) is 0 Å². The fourth-order valence-electron chi connectivity index (χ4n) is 2.84. The molecular weight excluding hydrogens is 336 g/mol. The van der Waals surface area contributed by atoms with Gasteiger partial charge >= 0.3 is 0 Å². The van der Waals surface area contributed by atoms with Gasteiger partial charge in [-0.15, -0.1) is 0 Å². The molecule has 142 valence electrons. The maximum absolute atomic E-state index is 10.6. The van der Waals surface area contributed by atoms with E-state index < -0.39 is 12.2 Å². The minimum absolute atomic E-state index is 0.167. The molecule has 0 saturated carbocycles. The molecule has 2 aromatic rings. The molecule has 0 radical (unpaired) electrons. The Balaban J connectivity index is 2.77. The van der Waals surface area contributed by atoms with E-state index in [0.29, 0.717) is 24.0 Å². The Labute approximate surface area is 153 Å². The van der Waals surface area contributed by atoms with Crippen LogP contribution in [0.4, 0.5) is 0 Å². The second kappa shape index (κ2) is 8.29. The molecule has 2 unspecified atom stereocenters. The Morgan fingerprint density at radius 3 is 1.35 bits per heavy atom. The highest BCUT2D eigenvalue weighted by Gasteiger charge is 2.22. The molecule has 2 atom stereocenters. The van der Waals surface area contributed by atoms with Crippen molar-refractivity contribution >= 4 is 0 Å². The fourth-order valence-corrected chi connectivity index (χ4v) is 2.84. The first kappa shape index (κ1) is 19.9. The van der Waals surface area contributed by atoms with E-state index in [-0.39, 0.29) is 34.1 Å². The number of hydrogen-bond donors (Lipinski definition) is 4. The Morgan fingerprint density at radius 1 is 0.731 bits per heavy atom. The first-order valence-corrected chi connectivity index (χ1v) is 8.56. The molecule has 2 aromatic carbocycles. The SMILES string of the molecule is CCC(O)c1cc(OC)c(O)c(-c2cc(C(O)CC)cc(OC)c2O)c1. The van der Waals surface area contributed by atoms with Gasteiger partial charge in [-0.25, -0.2) is 0 Å². The van der Waals surface area contributed by atoms with Crippen LogP contribution in [0.3, 0.4) is 0 Å². The van der Waals surface area contributed by atoms with E-state index in [1.165, 1.54) is 14.2 Å². The summed E-state index contributed by atoms with van der Waals surface area (Å²) >= 11 is 0. The molecule has 0 fully saturated rings. The molecule has 0 aliphatic rings. The van der Waals surface area contributed by atoms with Gasteiger partial charge < -0.3 is 29.9 Å². The largest absolute Gasteiger partial charge is 0.504 e. The van der Waals surface area contributed by atoms with Gasteiger partial charge in [0.2, 0.25) is 0 Å². The fraction of sp³-hybridized carbons (Fsp3) is 0.400. The summed E-state index contributed by atoms with van der Waals surface area (Å²) in [7, 11) is 2.83. The molecule has 26 heavy (non-hydrogen) atoms. The van der Waals surface area contributed by atoms with Crippen molar-refractivity contribution in [2.45, 2.75) is 38.9 Å². The van der Waals surface area contributed by atoms with Crippen molar-refractivity contribution in [3.8, 4) is 34.1 Å². The van der Waals surface area contributed by atoms with Gasteiger partial charge in [0.15, 0.2) is 23.0 Å². The molecule has 0 heterocycles. The number of aromatic hydroxyl groups is 2. The Hall–Kier alpha value is -2.44. The molecule has 0 saturated heterocycles. The molecule has 6 nitrogen and oxygen atoms in total. The van der Waals surface area contributed by atoms with Crippen LogP contribution in [0, 0.1) is 0 Å². The summed E-state index contributed by atoms with van der Waals surface area (Å²) in [5.74, 6) is 0.0368. The van der Waals surface area contributed by atoms with E-state index in [9.17, 15) is 20.4 Å². The van der Waals surface area contributed by atoms with Gasteiger partial charge in [-0.05, 0) is 48.2 Å². The lowest BCUT2D eigenvalue weighted by molar-refractivity contribution is 0.172. The number of methoxy groups -OCH3 is 2. The van der Waals surface area contributed by atoms with Gasteiger partial charge in [-0.1, -0.05) is 13.8 Å². The van der Waals surface area contributed by atoms with Crippen molar-refractivity contribution in [1.82, 2.24) is 0 Å². The number of aliphatic hydroxyl groups excluding tert-OH is 2. The van der Waals surface area contributed by atoms with Gasteiger partial charge in [0, 0.05) is 11.1 Å². The number of rotatable bonds is 7. The normalized spacial score (nSPS) is 13.3. The summed E-state index contributed by atoms with van der Waals surface area (Å²) in [6.07, 6.45) is -0.512. The summed E-state index contributed by atoms with van der Waals surface area (Å²) in [6.45, 7) is 3.67. The molecule has 4 N–H and O–H groups in total. The van der Waals surface area contributed by atoms with Gasteiger partial charge in [0.05, 0.1) is 26.4 Å². The Bertz CT molecular complexity index is 706. The topological polar surface area (TPSA) is 99.4 Å². The number of phenols is 2. The smallest absolute Gasteiger partial charge is 0.165 e. The highest BCUT2D eigenvalue weighted by molar-refractivity contribution is 5.81. The average Bonchev–Trinajstić information content (AvgIpc) is 2.67. The third kappa shape index (κ3) is 3.71. The zero-order chi connectivity index (χ0) is 19.4. The lowest BCUT2D eigenvalue weighted by atomic mass is 9.94. The summed E-state index contributed by atoms with van der Waals surface area (Å²) in [5, 5.41) is 41.5. The summed E-state index contributed by atoms with van der Waals surface area (Å²) < 4.78 is 10.4. The van der Waals surface area contributed by atoms with Crippen LogP contribution in [0.25, 0.3) is 11.1 Å². The monoisotopic (exact) mass is 362 g/mol. The Kier molecular flexibility index (Phi) is 6.34. The first-order chi connectivity index (χ1) is 12.4. The molecule has 0 spiro atoms. The van der Waals surface area contributed by atoms with Crippen LogP contribution >= 0.6 is 0 Å². The number of aliphatic hydroxyl groups is 2. The minimum Gasteiger partial charge on any atom is -0.504 e. The van der Waals surface area contributed by atoms with E-state index in [1.807, 2.05) is 13.8 Å². The quantitative estimate of drug-likeness (QED) is 0.600. The molecule has 2 rings (SSSR count). The minimum atomic E-state index is -0.739. The van der Waals surface area contributed by atoms with Crippen molar-refractivity contribution in [2.24, 2.45) is 0 Å². The van der Waals surface area contributed by atoms with Crippen molar-refractivity contribution in [1.29, 1.82) is 0 Å². The van der Waals surface area contributed by atoms with Crippen LogP contribution in [0.15, 0.2) is 24.3 Å². The second-order valence-electron chi connectivity index (χ2n) is 6.09. The van der Waals surface area contributed by atoms with E-state index in [4.69, 9.17) is 9.47 Å². The number of benzene rings is 2. The lowest BCUT2D eigenvalue weighted by Crippen LogP contribution is -2.00. The first-order valence-electron chi connectivity index (χ1n) is 8.56. The second-order valence-corrected chi connectivity index (χ2v) is 6.09. The van der Waals surface area contributed by atoms with Gasteiger partial charge in [-0.2, -0.15) is 0 Å².